The predicted octanol–water partition coefficient (Wildman–Crippen LogP) is 4.00. The average molecular weight is 405 g/mol. The Hall–Kier alpha value is -2.34. The molecule has 2 amide bonds. The van der Waals surface area contributed by atoms with Gasteiger partial charge in [-0.25, -0.2) is 0 Å². The Morgan fingerprint density at radius 3 is 2.52 bits per heavy atom. The van der Waals surface area contributed by atoms with Crippen LogP contribution in [0.3, 0.4) is 0 Å². The topological polar surface area (TPSA) is 67.4 Å². The molecule has 2 aromatic carbocycles. The number of nitrogens with one attached hydrogen (secondary N) is 2. The van der Waals surface area contributed by atoms with Crippen molar-refractivity contribution in [2.45, 2.75) is 19.8 Å². The molecule has 2 aromatic rings. The van der Waals surface area contributed by atoms with Crippen LogP contribution in [0, 0.1) is 0 Å². The van der Waals surface area contributed by atoms with Crippen molar-refractivity contribution in [1.29, 1.82) is 0 Å². The molecule has 0 bridgehead atoms. The number of anilines is 1. The molecule has 6 heteroatoms. The summed E-state index contributed by atoms with van der Waals surface area (Å²) in [6.45, 7) is 2.88. The number of hydrogen-bond donors (Lipinski definition) is 2. The maximum Gasteiger partial charge on any atom is 0.251 e. The fraction of sp³-hybridized carbons (Fsp3) is 0.263. The molecule has 0 atom stereocenters. The van der Waals surface area contributed by atoms with E-state index in [4.69, 9.17) is 4.74 Å². The molecule has 0 aromatic heterocycles. The summed E-state index contributed by atoms with van der Waals surface area (Å²) in [6, 6.07) is 14.4. The first-order chi connectivity index (χ1) is 12.1. The average Bonchev–Trinajstić information content (AvgIpc) is 2.61. The smallest absolute Gasteiger partial charge is 0.251 e. The van der Waals surface area contributed by atoms with Gasteiger partial charge in [-0.1, -0.05) is 35.0 Å². The zero-order valence-corrected chi connectivity index (χ0v) is 15.6. The van der Waals surface area contributed by atoms with Gasteiger partial charge in [0.25, 0.3) is 5.91 Å². The van der Waals surface area contributed by atoms with Crippen LogP contribution in [0.2, 0.25) is 0 Å². The fourth-order valence-electron chi connectivity index (χ4n) is 2.11. The zero-order chi connectivity index (χ0) is 18.1. The Morgan fingerprint density at radius 2 is 1.80 bits per heavy atom. The normalized spacial score (nSPS) is 10.2. The summed E-state index contributed by atoms with van der Waals surface area (Å²) in [4.78, 5) is 24.1. The molecule has 0 saturated heterocycles. The number of carbonyl (C=O) groups is 2. The summed E-state index contributed by atoms with van der Waals surface area (Å²) >= 11 is 3.32. The van der Waals surface area contributed by atoms with Crippen LogP contribution >= 0.6 is 15.9 Å². The van der Waals surface area contributed by atoms with Gasteiger partial charge in [0.1, 0.15) is 5.75 Å². The van der Waals surface area contributed by atoms with Gasteiger partial charge in [0.05, 0.1) is 12.3 Å². The molecular formula is C19H21BrN2O3. The van der Waals surface area contributed by atoms with E-state index in [0.29, 0.717) is 23.6 Å². The Balaban J connectivity index is 1.81. The maximum atomic E-state index is 12.1. The summed E-state index contributed by atoms with van der Waals surface area (Å²) in [7, 11) is 0. The van der Waals surface area contributed by atoms with Crippen molar-refractivity contribution in [1.82, 2.24) is 5.32 Å². The van der Waals surface area contributed by atoms with Crippen LogP contribution < -0.4 is 15.4 Å². The van der Waals surface area contributed by atoms with Crippen LogP contribution in [-0.2, 0) is 4.79 Å². The van der Waals surface area contributed by atoms with Gasteiger partial charge >= 0.3 is 0 Å². The van der Waals surface area contributed by atoms with Crippen molar-refractivity contribution in [3.05, 3.63) is 58.6 Å². The Labute approximate surface area is 155 Å². The standard InChI is InChI=1S/C19H21BrN2O3/c1-2-13-25-17-6-4-3-5-16(17)22-18(23)11-12-21-19(24)14-7-9-15(20)10-8-14/h3-10H,2,11-13H2,1H3,(H,21,24)(H,22,23). The van der Waals surface area contributed by atoms with E-state index in [2.05, 4.69) is 26.6 Å². The van der Waals surface area contributed by atoms with Crippen molar-refractivity contribution >= 4 is 33.4 Å². The molecule has 2 rings (SSSR count). The summed E-state index contributed by atoms with van der Waals surface area (Å²) in [5, 5.41) is 5.56. The van der Waals surface area contributed by atoms with E-state index in [1.165, 1.54) is 0 Å². The van der Waals surface area contributed by atoms with E-state index in [1.807, 2.05) is 25.1 Å². The number of hydrogen-bond acceptors (Lipinski definition) is 3. The van der Waals surface area contributed by atoms with Crippen LogP contribution in [-0.4, -0.2) is 25.0 Å². The van der Waals surface area contributed by atoms with Crippen LogP contribution in [0.5, 0.6) is 5.75 Å². The van der Waals surface area contributed by atoms with Gasteiger partial charge in [0, 0.05) is 23.0 Å². The van der Waals surface area contributed by atoms with Gasteiger partial charge < -0.3 is 15.4 Å². The SMILES string of the molecule is CCCOc1ccccc1NC(=O)CCNC(=O)c1ccc(Br)cc1. The Morgan fingerprint density at radius 1 is 1.08 bits per heavy atom. The highest BCUT2D eigenvalue weighted by Crippen LogP contribution is 2.23. The van der Waals surface area contributed by atoms with Crippen molar-refractivity contribution in [2.75, 3.05) is 18.5 Å². The molecule has 132 valence electrons. The molecule has 25 heavy (non-hydrogen) atoms. The third-order valence-corrected chi connectivity index (χ3v) is 3.90. The van der Waals surface area contributed by atoms with Crippen molar-refractivity contribution < 1.29 is 14.3 Å². The van der Waals surface area contributed by atoms with E-state index in [0.717, 1.165) is 10.9 Å². The second-order valence-electron chi connectivity index (χ2n) is 5.41. The highest BCUT2D eigenvalue weighted by molar-refractivity contribution is 9.10. The van der Waals surface area contributed by atoms with Crippen LogP contribution in [0.4, 0.5) is 5.69 Å². The number of carbonyl (C=O) groups excluding carboxylic acids is 2. The largest absolute Gasteiger partial charge is 0.491 e. The van der Waals surface area contributed by atoms with Gasteiger partial charge in [-0.15, -0.1) is 0 Å². The lowest BCUT2D eigenvalue weighted by atomic mass is 10.2. The Kier molecular flexibility index (Phi) is 7.47. The molecule has 0 spiro atoms. The highest BCUT2D eigenvalue weighted by Gasteiger charge is 2.09. The van der Waals surface area contributed by atoms with E-state index in [9.17, 15) is 9.59 Å². The lowest BCUT2D eigenvalue weighted by Crippen LogP contribution is -2.27. The first kappa shape index (κ1) is 19.0. The predicted molar refractivity (Wildman–Crippen MR) is 102 cm³/mol. The second kappa shape index (κ2) is 9.84. The lowest BCUT2D eigenvalue weighted by molar-refractivity contribution is -0.116. The number of amides is 2. The zero-order valence-electron chi connectivity index (χ0n) is 14.0. The van der Waals surface area contributed by atoms with Gasteiger partial charge in [-0.3, -0.25) is 9.59 Å². The molecule has 0 radical (unpaired) electrons. The first-order valence-electron chi connectivity index (χ1n) is 8.15. The summed E-state index contributed by atoms with van der Waals surface area (Å²) in [6.07, 6.45) is 1.08. The molecule has 0 aliphatic rings. The monoisotopic (exact) mass is 404 g/mol. The van der Waals surface area contributed by atoms with Gasteiger partial charge in [-0.05, 0) is 42.8 Å². The molecule has 0 saturated carbocycles. The molecule has 5 nitrogen and oxygen atoms in total. The summed E-state index contributed by atoms with van der Waals surface area (Å²) in [5.74, 6) is 0.271. The van der Waals surface area contributed by atoms with Crippen LogP contribution in [0.25, 0.3) is 0 Å². The van der Waals surface area contributed by atoms with Crippen molar-refractivity contribution in [3.8, 4) is 5.75 Å². The lowest BCUT2D eigenvalue weighted by Gasteiger charge is -2.12. The first-order valence-corrected chi connectivity index (χ1v) is 8.95. The second-order valence-corrected chi connectivity index (χ2v) is 6.32. The number of benzene rings is 2. The quantitative estimate of drug-likeness (QED) is 0.698. The minimum atomic E-state index is -0.202. The molecule has 0 aliphatic heterocycles. The van der Waals surface area contributed by atoms with Crippen LogP contribution in [0.15, 0.2) is 53.0 Å². The minimum Gasteiger partial charge on any atom is -0.491 e. The molecule has 0 aliphatic carbocycles. The molecular weight excluding hydrogens is 384 g/mol. The van der Waals surface area contributed by atoms with Crippen molar-refractivity contribution in [2.24, 2.45) is 0 Å². The molecule has 0 fully saturated rings. The number of ether oxygens (including phenoxy) is 1. The van der Waals surface area contributed by atoms with Gasteiger partial charge in [0.2, 0.25) is 5.91 Å². The highest BCUT2D eigenvalue weighted by atomic mass is 79.9. The van der Waals surface area contributed by atoms with Crippen LogP contribution in [0.1, 0.15) is 30.1 Å². The maximum absolute atomic E-state index is 12.1. The fourth-order valence-corrected chi connectivity index (χ4v) is 2.38. The molecule has 2 N–H and O–H groups in total. The van der Waals surface area contributed by atoms with Gasteiger partial charge in [0.15, 0.2) is 0 Å². The minimum absolute atomic E-state index is 0.177. The number of para-hydroxylation sites is 2. The Bertz CT molecular complexity index is 717. The summed E-state index contributed by atoms with van der Waals surface area (Å²) < 4.78 is 6.52. The van der Waals surface area contributed by atoms with E-state index in [1.54, 1.807) is 30.3 Å². The van der Waals surface area contributed by atoms with Crippen molar-refractivity contribution in [3.63, 3.8) is 0 Å². The third kappa shape index (κ3) is 6.23. The molecule has 0 unspecified atom stereocenters. The molecule has 0 heterocycles. The van der Waals surface area contributed by atoms with E-state index >= 15 is 0 Å². The third-order valence-electron chi connectivity index (χ3n) is 3.37. The summed E-state index contributed by atoms with van der Waals surface area (Å²) in [5.41, 5.74) is 1.20. The number of halogens is 1. The number of rotatable bonds is 8. The van der Waals surface area contributed by atoms with E-state index in [-0.39, 0.29) is 24.8 Å². The van der Waals surface area contributed by atoms with E-state index < -0.39 is 0 Å². The van der Waals surface area contributed by atoms with Gasteiger partial charge in [-0.2, -0.15) is 0 Å².